The van der Waals surface area contributed by atoms with E-state index in [1.807, 2.05) is 7.05 Å². The molecular weight excluding hydrogens is 256 g/mol. The second kappa shape index (κ2) is 7.28. The van der Waals surface area contributed by atoms with Gasteiger partial charge in [0.05, 0.1) is 0 Å². The van der Waals surface area contributed by atoms with E-state index in [-0.39, 0.29) is 0 Å². The molecule has 0 aliphatic rings. The van der Waals surface area contributed by atoms with Gasteiger partial charge in [0.25, 0.3) is 0 Å². The summed E-state index contributed by atoms with van der Waals surface area (Å²) in [5.41, 5.74) is 5.36. The topological polar surface area (TPSA) is 15.3 Å². The summed E-state index contributed by atoms with van der Waals surface area (Å²) >= 11 is 0. The highest BCUT2D eigenvalue weighted by atomic mass is 15.1. The lowest BCUT2D eigenvalue weighted by Gasteiger charge is -2.27. The summed E-state index contributed by atoms with van der Waals surface area (Å²) in [7, 11) is 4.19. The second-order valence-corrected chi connectivity index (χ2v) is 5.60. The molecule has 0 heterocycles. The van der Waals surface area contributed by atoms with Gasteiger partial charge in [-0.3, -0.25) is 0 Å². The number of anilines is 1. The Kier molecular flexibility index (Phi) is 5.40. The number of hydrogen-bond donors (Lipinski definition) is 1. The highest BCUT2D eigenvalue weighted by molar-refractivity contribution is 5.47. The second-order valence-electron chi connectivity index (χ2n) is 5.60. The lowest BCUT2D eigenvalue weighted by atomic mass is 10.0. The van der Waals surface area contributed by atoms with Crippen LogP contribution in [0.3, 0.4) is 0 Å². The molecule has 0 fully saturated rings. The summed E-state index contributed by atoms with van der Waals surface area (Å²) < 4.78 is 0. The summed E-state index contributed by atoms with van der Waals surface area (Å²) in [6.45, 7) is 5.32. The average molecular weight is 282 g/mol. The van der Waals surface area contributed by atoms with E-state index in [0.717, 1.165) is 13.0 Å². The Balaban J connectivity index is 2.12. The van der Waals surface area contributed by atoms with Gasteiger partial charge < -0.3 is 10.2 Å². The van der Waals surface area contributed by atoms with E-state index in [1.54, 1.807) is 0 Å². The van der Waals surface area contributed by atoms with Gasteiger partial charge in [-0.05, 0) is 49.2 Å². The van der Waals surface area contributed by atoms with Crippen LogP contribution in [0.25, 0.3) is 0 Å². The first kappa shape index (κ1) is 15.6. The maximum Gasteiger partial charge on any atom is 0.0498 e. The summed E-state index contributed by atoms with van der Waals surface area (Å²) in [5, 5.41) is 3.44. The van der Waals surface area contributed by atoms with Gasteiger partial charge in [0.2, 0.25) is 0 Å². The van der Waals surface area contributed by atoms with E-state index in [0.29, 0.717) is 6.04 Å². The van der Waals surface area contributed by atoms with Gasteiger partial charge in [-0.25, -0.2) is 0 Å². The first-order valence-corrected chi connectivity index (χ1v) is 7.68. The zero-order valence-corrected chi connectivity index (χ0v) is 13.6. The molecule has 0 aliphatic heterocycles. The van der Waals surface area contributed by atoms with Crippen molar-refractivity contribution in [3.05, 3.63) is 65.2 Å². The van der Waals surface area contributed by atoms with Crippen molar-refractivity contribution < 1.29 is 0 Å². The maximum atomic E-state index is 3.44. The van der Waals surface area contributed by atoms with Crippen molar-refractivity contribution in [2.24, 2.45) is 0 Å². The summed E-state index contributed by atoms with van der Waals surface area (Å²) in [5.74, 6) is 0. The molecule has 0 radical (unpaired) electrons. The third-order valence-electron chi connectivity index (χ3n) is 4.15. The molecule has 2 nitrogen and oxygen atoms in total. The fourth-order valence-electron chi connectivity index (χ4n) is 2.69. The van der Waals surface area contributed by atoms with Crippen LogP contribution >= 0.6 is 0 Å². The van der Waals surface area contributed by atoms with Crippen molar-refractivity contribution >= 4 is 5.69 Å². The van der Waals surface area contributed by atoms with Gasteiger partial charge >= 0.3 is 0 Å². The molecule has 1 atom stereocenters. The largest absolute Gasteiger partial charge is 0.373 e. The average Bonchev–Trinajstić information content (AvgIpc) is 2.53. The molecule has 1 N–H and O–H groups in total. The molecule has 0 aliphatic carbocycles. The van der Waals surface area contributed by atoms with E-state index >= 15 is 0 Å². The molecule has 0 saturated carbocycles. The third kappa shape index (κ3) is 3.85. The van der Waals surface area contributed by atoms with Crippen molar-refractivity contribution in [2.45, 2.75) is 26.3 Å². The van der Waals surface area contributed by atoms with Crippen LogP contribution in [0.15, 0.2) is 48.5 Å². The molecule has 0 aromatic heterocycles. The third-order valence-corrected chi connectivity index (χ3v) is 4.15. The van der Waals surface area contributed by atoms with Crippen LogP contribution < -0.4 is 10.2 Å². The summed E-state index contributed by atoms with van der Waals surface area (Å²) in [6, 6.07) is 17.8. The van der Waals surface area contributed by atoms with Crippen LogP contribution in [0, 0.1) is 6.92 Å². The number of hydrogen-bond acceptors (Lipinski definition) is 2. The van der Waals surface area contributed by atoms with E-state index in [2.05, 4.69) is 79.6 Å². The lowest BCUT2D eigenvalue weighted by molar-refractivity contribution is 0.587. The number of benzene rings is 2. The normalized spacial score (nSPS) is 12.2. The van der Waals surface area contributed by atoms with Crippen molar-refractivity contribution in [1.29, 1.82) is 0 Å². The molecule has 0 bridgehead atoms. The lowest BCUT2D eigenvalue weighted by Crippen LogP contribution is -2.31. The zero-order valence-electron chi connectivity index (χ0n) is 13.6. The van der Waals surface area contributed by atoms with Crippen molar-refractivity contribution in [2.75, 3.05) is 25.5 Å². The monoisotopic (exact) mass is 282 g/mol. The highest BCUT2D eigenvalue weighted by Gasteiger charge is 2.14. The molecule has 0 saturated heterocycles. The smallest absolute Gasteiger partial charge is 0.0498 e. The number of rotatable bonds is 6. The van der Waals surface area contributed by atoms with Gasteiger partial charge in [-0.1, -0.05) is 43.3 Å². The minimum Gasteiger partial charge on any atom is -0.373 e. The number of aryl methyl sites for hydroxylation is 2. The first-order chi connectivity index (χ1) is 10.2. The molecule has 1 unspecified atom stereocenters. The number of nitrogens with zero attached hydrogens (tertiary/aromatic N) is 1. The summed E-state index contributed by atoms with van der Waals surface area (Å²) in [6.07, 6.45) is 1.09. The Bertz CT molecular complexity index is 560. The van der Waals surface area contributed by atoms with E-state index in [4.69, 9.17) is 0 Å². The Morgan fingerprint density at radius 1 is 1.05 bits per heavy atom. The van der Waals surface area contributed by atoms with Crippen LogP contribution in [-0.4, -0.2) is 20.6 Å². The van der Waals surface area contributed by atoms with Gasteiger partial charge in [-0.2, -0.15) is 0 Å². The van der Waals surface area contributed by atoms with E-state index in [1.165, 1.54) is 22.4 Å². The van der Waals surface area contributed by atoms with Crippen molar-refractivity contribution in [1.82, 2.24) is 5.32 Å². The quantitative estimate of drug-likeness (QED) is 0.863. The molecule has 112 valence electrons. The Morgan fingerprint density at radius 2 is 1.71 bits per heavy atom. The molecule has 2 heteroatoms. The summed E-state index contributed by atoms with van der Waals surface area (Å²) in [4.78, 5) is 2.31. The molecule has 0 amide bonds. The van der Waals surface area contributed by atoms with E-state index < -0.39 is 0 Å². The number of nitrogens with one attached hydrogen (secondary N) is 1. The standard InChI is InChI=1S/C19H26N2/c1-5-16-10-12-17(13-11-16)21(4)14-19(20-3)18-9-7-6-8-15(18)2/h6-13,19-20H,5,14H2,1-4H3. The SMILES string of the molecule is CCc1ccc(N(C)CC(NC)c2ccccc2C)cc1. The highest BCUT2D eigenvalue weighted by Crippen LogP contribution is 2.21. The van der Waals surface area contributed by atoms with Crippen LogP contribution in [-0.2, 0) is 6.42 Å². The predicted molar refractivity (Wildman–Crippen MR) is 92.1 cm³/mol. The van der Waals surface area contributed by atoms with Gasteiger partial charge in [-0.15, -0.1) is 0 Å². The van der Waals surface area contributed by atoms with Crippen molar-refractivity contribution in [3.63, 3.8) is 0 Å². The Morgan fingerprint density at radius 3 is 2.29 bits per heavy atom. The number of likely N-dealkylation sites (N-methyl/N-ethyl adjacent to an activating group) is 2. The first-order valence-electron chi connectivity index (χ1n) is 7.68. The predicted octanol–water partition coefficient (Wildman–Crippen LogP) is 3.95. The van der Waals surface area contributed by atoms with Crippen LogP contribution in [0.2, 0.25) is 0 Å². The van der Waals surface area contributed by atoms with Gasteiger partial charge in [0.1, 0.15) is 0 Å². The zero-order chi connectivity index (χ0) is 15.2. The van der Waals surface area contributed by atoms with Crippen LogP contribution in [0.1, 0.15) is 29.7 Å². The fourth-order valence-corrected chi connectivity index (χ4v) is 2.69. The van der Waals surface area contributed by atoms with Crippen LogP contribution in [0.5, 0.6) is 0 Å². The van der Waals surface area contributed by atoms with Crippen LogP contribution in [0.4, 0.5) is 5.69 Å². The molecule has 2 rings (SSSR count). The molecule has 2 aromatic carbocycles. The molecule has 21 heavy (non-hydrogen) atoms. The Labute approximate surface area is 128 Å². The minimum absolute atomic E-state index is 0.335. The van der Waals surface area contributed by atoms with E-state index in [9.17, 15) is 0 Å². The minimum atomic E-state index is 0.335. The Hall–Kier alpha value is -1.80. The van der Waals surface area contributed by atoms with Gasteiger partial charge in [0, 0.05) is 25.3 Å². The maximum absolute atomic E-state index is 3.44. The van der Waals surface area contributed by atoms with Gasteiger partial charge in [0.15, 0.2) is 0 Å². The fraction of sp³-hybridized carbons (Fsp3) is 0.368. The molecule has 0 spiro atoms. The molecular formula is C19H26N2. The molecule has 2 aromatic rings. The van der Waals surface area contributed by atoms with Crippen molar-refractivity contribution in [3.8, 4) is 0 Å².